The molecule has 1 N–H and O–H groups in total. The van der Waals surface area contributed by atoms with Gasteiger partial charge in [0.15, 0.2) is 5.82 Å². The van der Waals surface area contributed by atoms with Gasteiger partial charge in [-0.2, -0.15) is 4.98 Å². The predicted octanol–water partition coefficient (Wildman–Crippen LogP) is 2.13. The van der Waals surface area contributed by atoms with Gasteiger partial charge >= 0.3 is 0 Å². The van der Waals surface area contributed by atoms with Gasteiger partial charge in [-0.05, 0) is 27.3 Å². The molecule has 0 saturated heterocycles. The normalized spacial score (nSPS) is 16.0. The average molecular weight is 255 g/mol. The highest BCUT2D eigenvalue weighted by atomic mass is 16.5. The van der Waals surface area contributed by atoms with Gasteiger partial charge in [0, 0.05) is 12.0 Å². The summed E-state index contributed by atoms with van der Waals surface area (Å²) in [4.78, 5) is 6.55. The summed E-state index contributed by atoms with van der Waals surface area (Å²) < 4.78 is 5.32. The predicted molar refractivity (Wildman–Crippen MR) is 70.3 cm³/mol. The summed E-state index contributed by atoms with van der Waals surface area (Å²) in [6.45, 7) is 10.8. The molecule has 2 unspecified atom stereocenters. The molecule has 5 heteroatoms. The zero-order valence-corrected chi connectivity index (χ0v) is 12.3. The van der Waals surface area contributed by atoms with Crippen molar-refractivity contribution < 1.29 is 9.63 Å². The van der Waals surface area contributed by atoms with Crippen molar-refractivity contribution in [2.45, 2.75) is 58.6 Å². The topological polar surface area (TPSA) is 62.4 Å². The summed E-state index contributed by atoms with van der Waals surface area (Å²) in [6.07, 6.45) is 0.452. The molecule has 0 bridgehead atoms. The fourth-order valence-corrected chi connectivity index (χ4v) is 1.48. The SMILES string of the molecule is CC(O)CCN(C)C(C)c1nc(C(C)(C)C)no1. The average Bonchev–Trinajstić information content (AvgIpc) is 2.73. The van der Waals surface area contributed by atoms with Gasteiger partial charge in [-0.25, -0.2) is 0 Å². The molecule has 2 atom stereocenters. The maximum Gasteiger partial charge on any atom is 0.243 e. The maximum absolute atomic E-state index is 9.29. The van der Waals surface area contributed by atoms with Gasteiger partial charge < -0.3 is 9.63 Å². The Hall–Kier alpha value is -0.940. The van der Waals surface area contributed by atoms with Crippen molar-refractivity contribution in [3.8, 4) is 0 Å². The van der Waals surface area contributed by atoms with Gasteiger partial charge in [0.2, 0.25) is 5.89 Å². The summed E-state index contributed by atoms with van der Waals surface area (Å²) in [5.74, 6) is 1.36. The van der Waals surface area contributed by atoms with Crippen LogP contribution in [0.2, 0.25) is 0 Å². The van der Waals surface area contributed by atoms with Crippen LogP contribution < -0.4 is 0 Å². The van der Waals surface area contributed by atoms with Crippen molar-refractivity contribution in [3.63, 3.8) is 0 Å². The smallest absolute Gasteiger partial charge is 0.243 e. The van der Waals surface area contributed by atoms with Crippen LogP contribution in [0.3, 0.4) is 0 Å². The molecule has 0 aromatic carbocycles. The third kappa shape index (κ3) is 4.07. The second-order valence-electron chi connectivity index (χ2n) is 6.00. The second kappa shape index (κ2) is 5.80. The van der Waals surface area contributed by atoms with Gasteiger partial charge in [-0.15, -0.1) is 0 Å². The van der Waals surface area contributed by atoms with E-state index < -0.39 is 0 Å². The van der Waals surface area contributed by atoms with Crippen LogP contribution in [0.4, 0.5) is 0 Å². The minimum Gasteiger partial charge on any atom is -0.393 e. The van der Waals surface area contributed by atoms with Crippen LogP contribution in [-0.2, 0) is 5.41 Å². The summed E-state index contributed by atoms with van der Waals surface area (Å²) in [7, 11) is 1.99. The molecule has 0 spiro atoms. The number of hydrogen-bond donors (Lipinski definition) is 1. The second-order valence-corrected chi connectivity index (χ2v) is 6.00. The number of rotatable bonds is 5. The first-order chi connectivity index (χ1) is 8.21. The Labute approximate surface area is 109 Å². The van der Waals surface area contributed by atoms with E-state index in [2.05, 4.69) is 35.8 Å². The van der Waals surface area contributed by atoms with Crippen LogP contribution in [0, 0.1) is 0 Å². The van der Waals surface area contributed by atoms with Crippen molar-refractivity contribution in [2.75, 3.05) is 13.6 Å². The van der Waals surface area contributed by atoms with E-state index in [4.69, 9.17) is 4.52 Å². The van der Waals surface area contributed by atoms with Crippen molar-refractivity contribution in [1.29, 1.82) is 0 Å². The lowest BCUT2D eigenvalue weighted by Gasteiger charge is -2.22. The van der Waals surface area contributed by atoms with E-state index in [0.29, 0.717) is 5.89 Å². The first-order valence-electron chi connectivity index (χ1n) is 6.44. The molecule has 1 rings (SSSR count). The molecule has 18 heavy (non-hydrogen) atoms. The number of aliphatic hydroxyl groups is 1. The van der Waals surface area contributed by atoms with Crippen molar-refractivity contribution in [3.05, 3.63) is 11.7 Å². The van der Waals surface area contributed by atoms with E-state index in [1.165, 1.54) is 0 Å². The largest absolute Gasteiger partial charge is 0.393 e. The van der Waals surface area contributed by atoms with Gasteiger partial charge in [-0.3, -0.25) is 4.90 Å². The quantitative estimate of drug-likeness (QED) is 0.873. The summed E-state index contributed by atoms with van der Waals surface area (Å²) in [5, 5.41) is 13.3. The fraction of sp³-hybridized carbons (Fsp3) is 0.846. The molecule has 0 saturated carbocycles. The Kier molecular flexibility index (Phi) is 4.87. The minimum absolute atomic E-state index is 0.0624. The number of nitrogens with zero attached hydrogens (tertiary/aromatic N) is 3. The molecule has 0 aliphatic heterocycles. The van der Waals surface area contributed by atoms with E-state index in [1.807, 2.05) is 14.0 Å². The number of aliphatic hydroxyl groups excluding tert-OH is 1. The lowest BCUT2D eigenvalue weighted by Crippen LogP contribution is -2.26. The molecule has 1 aromatic heterocycles. The third-order valence-electron chi connectivity index (χ3n) is 3.03. The van der Waals surface area contributed by atoms with Crippen molar-refractivity contribution >= 4 is 0 Å². The maximum atomic E-state index is 9.29. The molecule has 1 aromatic rings. The van der Waals surface area contributed by atoms with E-state index in [1.54, 1.807) is 6.92 Å². The molecule has 0 aliphatic rings. The van der Waals surface area contributed by atoms with Crippen LogP contribution in [0.25, 0.3) is 0 Å². The summed E-state index contributed by atoms with van der Waals surface area (Å²) >= 11 is 0. The fourth-order valence-electron chi connectivity index (χ4n) is 1.48. The van der Waals surface area contributed by atoms with Crippen molar-refractivity contribution in [1.82, 2.24) is 15.0 Å². The van der Waals surface area contributed by atoms with Crippen LogP contribution in [-0.4, -0.2) is 39.8 Å². The molecule has 104 valence electrons. The number of aromatic nitrogens is 2. The Balaban J connectivity index is 2.66. The highest BCUT2D eigenvalue weighted by Crippen LogP contribution is 2.23. The Bertz CT molecular complexity index is 369. The zero-order valence-electron chi connectivity index (χ0n) is 12.3. The lowest BCUT2D eigenvalue weighted by atomic mass is 9.96. The first kappa shape index (κ1) is 15.1. The molecule has 0 aliphatic carbocycles. The van der Waals surface area contributed by atoms with E-state index in [9.17, 15) is 5.11 Å². The zero-order chi connectivity index (χ0) is 13.9. The van der Waals surface area contributed by atoms with Crippen LogP contribution in [0.15, 0.2) is 4.52 Å². The minimum atomic E-state index is -0.285. The van der Waals surface area contributed by atoms with Gasteiger partial charge in [0.1, 0.15) is 0 Å². The molecule has 0 fully saturated rings. The Morgan fingerprint density at radius 1 is 1.33 bits per heavy atom. The van der Waals surface area contributed by atoms with Crippen molar-refractivity contribution in [2.24, 2.45) is 0 Å². The van der Waals surface area contributed by atoms with Crippen LogP contribution >= 0.6 is 0 Å². The van der Waals surface area contributed by atoms with E-state index in [-0.39, 0.29) is 17.6 Å². The third-order valence-corrected chi connectivity index (χ3v) is 3.03. The van der Waals surface area contributed by atoms with Crippen LogP contribution in [0.1, 0.15) is 58.8 Å². The summed E-state index contributed by atoms with van der Waals surface area (Å²) in [6, 6.07) is 0.0624. The molecule has 5 nitrogen and oxygen atoms in total. The molecular weight excluding hydrogens is 230 g/mol. The van der Waals surface area contributed by atoms with Gasteiger partial charge in [0.25, 0.3) is 0 Å². The highest BCUT2D eigenvalue weighted by Gasteiger charge is 2.24. The standard InChI is InChI=1S/C13H25N3O2/c1-9(17)7-8-16(6)10(2)11-14-12(15-18-11)13(3,4)5/h9-10,17H,7-8H2,1-6H3. The summed E-state index contributed by atoms with van der Waals surface area (Å²) in [5.41, 5.74) is -0.0976. The van der Waals surface area contributed by atoms with Gasteiger partial charge in [0.05, 0.1) is 12.1 Å². The lowest BCUT2D eigenvalue weighted by molar-refractivity contribution is 0.143. The first-order valence-corrected chi connectivity index (χ1v) is 6.44. The monoisotopic (exact) mass is 255 g/mol. The highest BCUT2D eigenvalue weighted by molar-refractivity contribution is 5.01. The molecule has 0 amide bonds. The van der Waals surface area contributed by atoms with Crippen LogP contribution in [0.5, 0.6) is 0 Å². The molecule has 0 radical (unpaired) electrons. The Morgan fingerprint density at radius 2 is 1.94 bits per heavy atom. The molecule has 1 heterocycles. The molecular formula is C13H25N3O2. The van der Waals surface area contributed by atoms with E-state index in [0.717, 1.165) is 18.8 Å². The number of hydrogen-bond acceptors (Lipinski definition) is 5. The Morgan fingerprint density at radius 3 is 2.39 bits per heavy atom. The van der Waals surface area contributed by atoms with Gasteiger partial charge in [-0.1, -0.05) is 25.9 Å². The van der Waals surface area contributed by atoms with E-state index >= 15 is 0 Å².